The maximum Gasteiger partial charge on any atom is 0.339 e. The Morgan fingerprint density at radius 3 is 2.79 bits per heavy atom. The zero-order valence-corrected chi connectivity index (χ0v) is 10.9. The van der Waals surface area contributed by atoms with Crippen molar-refractivity contribution in [3.8, 4) is 5.75 Å². The molecule has 1 aromatic carbocycles. The molecule has 1 saturated heterocycles. The molecule has 1 fully saturated rings. The molecule has 1 aromatic heterocycles. The first-order valence-electron chi connectivity index (χ1n) is 5.97. The van der Waals surface area contributed by atoms with Crippen LogP contribution in [-0.4, -0.2) is 47.3 Å². The lowest BCUT2D eigenvalue weighted by Crippen LogP contribution is -2.43. The lowest BCUT2D eigenvalue weighted by atomic mass is 10.2. The first kappa shape index (κ1) is 12.2. The van der Waals surface area contributed by atoms with Gasteiger partial charge in [0.1, 0.15) is 11.3 Å². The van der Waals surface area contributed by atoms with Gasteiger partial charge in [-0.3, -0.25) is 0 Å². The standard InChI is InChI=1S/C12H13N3O3S/c16-9-6-8-10(5-7(9)11(17)18)19-12(14-8)15-3-1-13-2-4-15/h5-6,13,16H,1-4H2,(H,17,18). The van der Waals surface area contributed by atoms with Crippen LogP contribution in [0.25, 0.3) is 10.2 Å². The van der Waals surface area contributed by atoms with E-state index in [0.29, 0.717) is 5.52 Å². The van der Waals surface area contributed by atoms with Gasteiger partial charge in [0.25, 0.3) is 0 Å². The first-order chi connectivity index (χ1) is 9.15. The van der Waals surface area contributed by atoms with E-state index in [1.807, 2.05) is 0 Å². The molecule has 0 saturated carbocycles. The Bertz CT molecular complexity index is 634. The van der Waals surface area contributed by atoms with Crippen molar-refractivity contribution in [2.75, 3.05) is 31.1 Å². The number of carboxylic acids is 1. The second kappa shape index (κ2) is 4.67. The predicted molar refractivity (Wildman–Crippen MR) is 73.3 cm³/mol. The van der Waals surface area contributed by atoms with Crippen LogP contribution in [0.2, 0.25) is 0 Å². The van der Waals surface area contributed by atoms with Crippen LogP contribution in [-0.2, 0) is 0 Å². The van der Waals surface area contributed by atoms with E-state index in [2.05, 4.69) is 15.2 Å². The normalized spacial score (nSPS) is 15.9. The van der Waals surface area contributed by atoms with E-state index in [0.717, 1.165) is 36.0 Å². The number of aromatic nitrogens is 1. The topological polar surface area (TPSA) is 85.7 Å². The second-order valence-corrected chi connectivity index (χ2v) is 5.38. The van der Waals surface area contributed by atoms with Crippen molar-refractivity contribution in [1.29, 1.82) is 0 Å². The minimum Gasteiger partial charge on any atom is -0.507 e. The second-order valence-electron chi connectivity index (χ2n) is 4.38. The molecule has 1 aliphatic heterocycles. The Hall–Kier alpha value is -1.86. The molecule has 7 heteroatoms. The van der Waals surface area contributed by atoms with Crippen LogP contribution in [0.15, 0.2) is 12.1 Å². The summed E-state index contributed by atoms with van der Waals surface area (Å²) in [6.07, 6.45) is 0. The number of anilines is 1. The number of aromatic hydroxyl groups is 1. The van der Waals surface area contributed by atoms with E-state index < -0.39 is 5.97 Å². The third-order valence-electron chi connectivity index (χ3n) is 3.11. The van der Waals surface area contributed by atoms with Gasteiger partial charge in [0.15, 0.2) is 5.13 Å². The number of carbonyl (C=O) groups is 1. The molecule has 0 radical (unpaired) electrons. The van der Waals surface area contributed by atoms with Crippen molar-refractivity contribution in [3.05, 3.63) is 17.7 Å². The zero-order chi connectivity index (χ0) is 13.4. The van der Waals surface area contributed by atoms with Crippen LogP contribution in [0, 0.1) is 0 Å². The molecule has 1 aliphatic rings. The largest absolute Gasteiger partial charge is 0.507 e. The van der Waals surface area contributed by atoms with Crippen LogP contribution in [0.4, 0.5) is 5.13 Å². The third-order valence-corrected chi connectivity index (χ3v) is 4.19. The first-order valence-corrected chi connectivity index (χ1v) is 6.79. The number of nitrogens with one attached hydrogen (secondary N) is 1. The minimum atomic E-state index is -1.13. The van der Waals surface area contributed by atoms with Gasteiger partial charge in [-0.1, -0.05) is 11.3 Å². The zero-order valence-electron chi connectivity index (χ0n) is 10.1. The molecule has 3 N–H and O–H groups in total. The number of carboxylic acid groups (broad SMARTS) is 1. The average Bonchev–Trinajstić information content (AvgIpc) is 2.81. The van der Waals surface area contributed by atoms with Gasteiger partial charge in [-0.05, 0) is 6.07 Å². The van der Waals surface area contributed by atoms with Crippen LogP contribution in [0.5, 0.6) is 5.75 Å². The molecular weight excluding hydrogens is 266 g/mol. The molecule has 0 spiro atoms. The van der Waals surface area contributed by atoms with E-state index in [9.17, 15) is 9.90 Å². The monoisotopic (exact) mass is 279 g/mol. The van der Waals surface area contributed by atoms with E-state index in [1.54, 1.807) is 0 Å². The number of fused-ring (bicyclic) bond motifs is 1. The summed E-state index contributed by atoms with van der Waals surface area (Å²) in [7, 11) is 0. The molecule has 2 aromatic rings. The summed E-state index contributed by atoms with van der Waals surface area (Å²) in [5.41, 5.74) is 0.559. The highest BCUT2D eigenvalue weighted by Gasteiger charge is 2.17. The number of thiazole rings is 1. The molecule has 19 heavy (non-hydrogen) atoms. The Morgan fingerprint density at radius 2 is 2.11 bits per heavy atom. The summed E-state index contributed by atoms with van der Waals surface area (Å²) < 4.78 is 0.781. The molecule has 6 nitrogen and oxygen atoms in total. The molecule has 0 amide bonds. The molecule has 2 heterocycles. The predicted octanol–water partition coefficient (Wildman–Crippen LogP) is 1.11. The Morgan fingerprint density at radius 1 is 1.37 bits per heavy atom. The number of hydrogen-bond acceptors (Lipinski definition) is 6. The summed E-state index contributed by atoms with van der Waals surface area (Å²) in [6, 6.07) is 2.90. The van der Waals surface area contributed by atoms with Crippen molar-refractivity contribution in [1.82, 2.24) is 10.3 Å². The van der Waals surface area contributed by atoms with Crippen LogP contribution < -0.4 is 10.2 Å². The van der Waals surface area contributed by atoms with Gasteiger partial charge >= 0.3 is 5.97 Å². The Kier molecular flexibility index (Phi) is 3.00. The fraction of sp³-hybridized carbons (Fsp3) is 0.333. The summed E-state index contributed by atoms with van der Waals surface area (Å²) in [5.74, 6) is -1.37. The number of phenols is 1. The fourth-order valence-electron chi connectivity index (χ4n) is 2.11. The van der Waals surface area contributed by atoms with Gasteiger partial charge in [0.05, 0.1) is 10.2 Å². The Balaban J connectivity index is 2.02. The number of rotatable bonds is 2. The number of benzene rings is 1. The van der Waals surface area contributed by atoms with E-state index in [-0.39, 0.29) is 11.3 Å². The fourth-order valence-corrected chi connectivity index (χ4v) is 3.15. The number of aromatic carboxylic acids is 1. The molecule has 0 unspecified atom stereocenters. The lowest BCUT2D eigenvalue weighted by molar-refractivity contribution is 0.0694. The third kappa shape index (κ3) is 2.22. The van der Waals surface area contributed by atoms with Crippen LogP contribution >= 0.6 is 11.3 Å². The van der Waals surface area contributed by atoms with E-state index >= 15 is 0 Å². The van der Waals surface area contributed by atoms with E-state index in [1.165, 1.54) is 23.5 Å². The Labute approximate surface area is 113 Å². The molecule has 0 aliphatic carbocycles. The highest BCUT2D eigenvalue weighted by molar-refractivity contribution is 7.22. The van der Waals surface area contributed by atoms with Crippen LogP contribution in [0.3, 0.4) is 0 Å². The molecule has 100 valence electrons. The molecule has 3 rings (SSSR count). The summed E-state index contributed by atoms with van der Waals surface area (Å²) in [6.45, 7) is 3.61. The quantitative estimate of drug-likeness (QED) is 0.763. The summed E-state index contributed by atoms with van der Waals surface area (Å²) >= 11 is 1.46. The van der Waals surface area contributed by atoms with Crippen molar-refractivity contribution >= 4 is 32.7 Å². The number of hydrogen-bond donors (Lipinski definition) is 3. The SMILES string of the molecule is O=C(O)c1cc2sc(N3CCNCC3)nc2cc1O. The number of piperazine rings is 1. The van der Waals surface area contributed by atoms with Gasteiger partial charge in [0.2, 0.25) is 0 Å². The van der Waals surface area contributed by atoms with Crippen molar-refractivity contribution in [2.45, 2.75) is 0 Å². The van der Waals surface area contributed by atoms with Gasteiger partial charge in [0, 0.05) is 32.2 Å². The van der Waals surface area contributed by atoms with Crippen LogP contribution in [0.1, 0.15) is 10.4 Å². The highest BCUT2D eigenvalue weighted by Crippen LogP contribution is 2.33. The maximum atomic E-state index is 11.0. The van der Waals surface area contributed by atoms with E-state index in [4.69, 9.17) is 5.11 Å². The minimum absolute atomic E-state index is 0.0805. The smallest absolute Gasteiger partial charge is 0.339 e. The molecular formula is C12H13N3O3S. The average molecular weight is 279 g/mol. The maximum absolute atomic E-state index is 11.0. The van der Waals surface area contributed by atoms with Crippen molar-refractivity contribution in [2.24, 2.45) is 0 Å². The van der Waals surface area contributed by atoms with Gasteiger partial charge in [-0.25, -0.2) is 9.78 Å². The van der Waals surface area contributed by atoms with Crippen molar-refractivity contribution < 1.29 is 15.0 Å². The lowest BCUT2D eigenvalue weighted by Gasteiger charge is -2.26. The van der Waals surface area contributed by atoms with Gasteiger partial charge < -0.3 is 20.4 Å². The van der Waals surface area contributed by atoms with Gasteiger partial charge in [-0.15, -0.1) is 0 Å². The summed E-state index contributed by atoms with van der Waals surface area (Å²) in [4.78, 5) is 17.6. The molecule has 0 bridgehead atoms. The number of nitrogens with zero attached hydrogens (tertiary/aromatic N) is 2. The van der Waals surface area contributed by atoms with Gasteiger partial charge in [-0.2, -0.15) is 0 Å². The molecule has 0 atom stereocenters. The highest BCUT2D eigenvalue weighted by atomic mass is 32.1. The van der Waals surface area contributed by atoms with Crippen molar-refractivity contribution in [3.63, 3.8) is 0 Å². The summed E-state index contributed by atoms with van der Waals surface area (Å²) in [5, 5.41) is 22.8.